The smallest absolute Gasteiger partial charge is 0.234 e. The number of nitrogens with one attached hydrogen (secondary N) is 1. The van der Waals surface area contributed by atoms with Crippen LogP contribution >= 0.6 is 22.9 Å². The zero-order valence-corrected chi connectivity index (χ0v) is 12.0. The summed E-state index contributed by atoms with van der Waals surface area (Å²) in [5.41, 5.74) is 0. The average Bonchev–Trinajstić information content (AvgIpc) is 2.60. The lowest BCUT2D eigenvalue weighted by atomic mass is 10.2. The fourth-order valence-electron chi connectivity index (χ4n) is 2.19. The average molecular weight is 287 g/mol. The molecule has 0 atom stereocenters. The number of hydrogen-bond acceptors (Lipinski definition) is 3. The van der Waals surface area contributed by atoms with Crippen LogP contribution in [0.15, 0.2) is 12.1 Å². The SMILES string of the molecule is O=C(CN1CCCCCC1)NCc1ccc(Cl)s1. The molecule has 0 unspecified atom stereocenters. The molecule has 0 bridgehead atoms. The van der Waals surface area contributed by atoms with Gasteiger partial charge in [0.2, 0.25) is 5.91 Å². The topological polar surface area (TPSA) is 32.3 Å². The zero-order chi connectivity index (χ0) is 12.8. The van der Waals surface area contributed by atoms with Gasteiger partial charge in [0.15, 0.2) is 0 Å². The van der Waals surface area contributed by atoms with Gasteiger partial charge in [-0.25, -0.2) is 0 Å². The third-order valence-corrected chi connectivity index (χ3v) is 4.39. The summed E-state index contributed by atoms with van der Waals surface area (Å²) in [5.74, 6) is 0.112. The fourth-order valence-corrected chi connectivity index (χ4v) is 3.21. The normalized spacial score (nSPS) is 17.4. The molecule has 18 heavy (non-hydrogen) atoms. The van der Waals surface area contributed by atoms with Crippen LogP contribution in [0.2, 0.25) is 4.34 Å². The minimum Gasteiger partial charge on any atom is -0.350 e. The van der Waals surface area contributed by atoms with E-state index in [1.54, 1.807) is 0 Å². The molecular formula is C13H19ClN2OS. The molecule has 5 heteroatoms. The van der Waals surface area contributed by atoms with E-state index in [4.69, 9.17) is 11.6 Å². The summed E-state index contributed by atoms with van der Waals surface area (Å²) < 4.78 is 0.770. The first-order chi connectivity index (χ1) is 8.74. The molecule has 2 rings (SSSR count). The van der Waals surface area contributed by atoms with E-state index in [0.29, 0.717) is 13.1 Å². The van der Waals surface area contributed by atoms with Crippen molar-refractivity contribution in [3.8, 4) is 0 Å². The zero-order valence-electron chi connectivity index (χ0n) is 10.5. The van der Waals surface area contributed by atoms with E-state index in [2.05, 4.69) is 10.2 Å². The van der Waals surface area contributed by atoms with Crippen LogP contribution in [0.4, 0.5) is 0 Å². The highest BCUT2D eigenvalue weighted by Crippen LogP contribution is 2.20. The van der Waals surface area contributed by atoms with Gasteiger partial charge >= 0.3 is 0 Å². The van der Waals surface area contributed by atoms with E-state index in [9.17, 15) is 4.79 Å². The van der Waals surface area contributed by atoms with Crippen molar-refractivity contribution in [1.82, 2.24) is 10.2 Å². The fraction of sp³-hybridized carbons (Fsp3) is 0.615. The second-order valence-electron chi connectivity index (χ2n) is 4.67. The highest BCUT2D eigenvalue weighted by molar-refractivity contribution is 7.16. The number of amides is 1. The monoisotopic (exact) mass is 286 g/mol. The van der Waals surface area contributed by atoms with Gasteiger partial charge in [0.1, 0.15) is 0 Å². The molecule has 1 aromatic heterocycles. The number of hydrogen-bond donors (Lipinski definition) is 1. The van der Waals surface area contributed by atoms with Crippen LogP contribution in [0.5, 0.6) is 0 Å². The molecule has 1 aliphatic rings. The predicted molar refractivity (Wildman–Crippen MR) is 76.1 cm³/mol. The van der Waals surface area contributed by atoms with Crippen molar-refractivity contribution in [1.29, 1.82) is 0 Å². The standard InChI is InChI=1S/C13H19ClN2OS/c14-12-6-5-11(18-12)9-15-13(17)10-16-7-3-1-2-4-8-16/h5-6H,1-4,7-10H2,(H,15,17). The van der Waals surface area contributed by atoms with Crippen LogP contribution < -0.4 is 5.32 Å². The Balaban J connectivity index is 1.71. The third-order valence-electron chi connectivity index (χ3n) is 3.15. The van der Waals surface area contributed by atoms with Crippen molar-refractivity contribution in [2.75, 3.05) is 19.6 Å². The molecule has 1 N–H and O–H groups in total. The van der Waals surface area contributed by atoms with Gasteiger partial charge in [0.25, 0.3) is 0 Å². The molecule has 1 fully saturated rings. The van der Waals surface area contributed by atoms with Crippen molar-refractivity contribution in [3.05, 3.63) is 21.3 Å². The maximum atomic E-state index is 11.8. The maximum Gasteiger partial charge on any atom is 0.234 e. The lowest BCUT2D eigenvalue weighted by Gasteiger charge is -2.18. The van der Waals surface area contributed by atoms with Gasteiger partial charge in [-0.15, -0.1) is 11.3 Å². The summed E-state index contributed by atoms with van der Waals surface area (Å²) in [6, 6.07) is 3.82. The first-order valence-electron chi connectivity index (χ1n) is 6.47. The number of halogens is 1. The molecule has 1 aromatic rings. The number of carbonyl (C=O) groups excluding carboxylic acids is 1. The van der Waals surface area contributed by atoms with E-state index < -0.39 is 0 Å². The number of carbonyl (C=O) groups is 1. The quantitative estimate of drug-likeness (QED) is 0.923. The van der Waals surface area contributed by atoms with Crippen LogP contribution in [0.3, 0.4) is 0 Å². The molecule has 1 aliphatic heterocycles. The minimum absolute atomic E-state index is 0.112. The molecule has 2 heterocycles. The molecule has 0 saturated carbocycles. The van der Waals surface area contributed by atoms with E-state index >= 15 is 0 Å². The van der Waals surface area contributed by atoms with E-state index in [0.717, 1.165) is 22.3 Å². The maximum absolute atomic E-state index is 11.8. The molecule has 0 radical (unpaired) electrons. The predicted octanol–water partition coefficient (Wildman–Crippen LogP) is 2.89. The molecule has 3 nitrogen and oxygen atoms in total. The molecule has 0 aromatic carbocycles. The molecular weight excluding hydrogens is 268 g/mol. The summed E-state index contributed by atoms with van der Waals surface area (Å²) in [6.45, 7) is 3.22. The third kappa shape index (κ3) is 4.59. The van der Waals surface area contributed by atoms with Gasteiger partial charge in [-0.3, -0.25) is 9.69 Å². The molecule has 0 aliphatic carbocycles. The number of rotatable bonds is 4. The van der Waals surface area contributed by atoms with E-state index in [1.807, 2.05) is 12.1 Å². The van der Waals surface area contributed by atoms with Crippen molar-refractivity contribution in [3.63, 3.8) is 0 Å². The van der Waals surface area contributed by atoms with Gasteiger partial charge in [-0.05, 0) is 38.1 Å². The van der Waals surface area contributed by atoms with Crippen LogP contribution in [-0.4, -0.2) is 30.4 Å². The summed E-state index contributed by atoms with van der Waals surface area (Å²) in [7, 11) is 0. The molecule has 0 spiro atoms. The Morgan fingerprint density at radius 3 is 2.61 bits per heavy atom. The van der Waals surface area contributed by atoms with Gasteiger partial charge < -0.3 is 5.32 Å². The van der Waals surface area contributed by atoms with Gasteiger partial charge in [0, 0.05) is 4.88 Å². The second-order valence-corrected chi connectivity index (χ2v) is 6.47. The Hall–Kier alpha value is -0.580. The summed E-state index contributed by atoms with van der Waals surface area (Å²) in [6.07, 6.45) is 5.03. The van der Waals surface area contributed by atoms with Crippen molar-refractivity contribution in [2.45, 2.75) is 32.2 Å². The van der Waals surface area contributed by atoms with Crippen LogP contribution in [0, 0.1) is 0 Å². The number of likely N-dealkylation sites (tertiary alicyclic amines) is 1. The first-order valence-corrected chi connectivity index (χ1v) is 7.67. The highest BCUT2D eigenvalue weighted by Gasteiger charge is 2.12. The van der Waals surface area contributed by atoms with E-state index in [-0.39, 0.29) is 5.91 Å². The van der Waals surface area contributed by atoms with Crippen molar-refractivity contribution >= 4 is 28.8 Å². The Kier molecular flexibility index (Phi) is 5.47. The van der Waals surface area contributed by atoms with Crippen LogP contribution in [0.25, 0.3) is 0 Å². The summed E-state index contributed by atoms with van der Waals surface area (Å²) in [5, 5.41) is 2.95. The van der Waals surface area contributed by atoms with E-state index in [1.165, 1.54) is 37.0 Å². The van der Waals surface area contributed by atoms with Crippen molar-refractivity contribution in [2.24, 2.45) is 0 Å². The lowest BCUT2D eigenvalue weighted by Crippen LogP contribution is -2.37. The Morgan fingerprint density at radius 2 is 2.00 bits per heavy atom. The minimum atomic E-state index is 0.112. The molecule has 1 amide bonds. The second kappa shape index (κ2) is 7.12. The number of thiophene rings is 1. The van der Waals surface area contributed by atoms with Gasteiger partial charge in [0.05, 0.1) is 17.4 Å². The number of nitrogens with zero attached hydrogens (tertiary/aromatic N) is 1. The Labute approximate surface area is 117 Å². The lowest BCUT2D eigenvalue weighted by molar-refractivity contribution is -0.122. The molecule has 100 valence electrons. The van der Waals surface area contributed by atoms with Crippen molar-refractivity contribution < 1.29 is 4.79 Å². The van der Waals surface area contributed by atoms with Gasteiger partial charge in [-0.2, -0.15) is 0 Å². The largest absolute Gasteiger partial charge is 0.350 e. The Bertz CT molecular complexity index is 386. The van der Waals surface area contributed by atoms with Crippen LogP contribution in [0.1, 0.15) is 30.6 Å². The Morgan fingerprint density at radius 1 is 1.28 bits per heavy atom. The molecule has 1 saturated heterocycles. The van der Waals surface area contributed by atoms with Crippen LogP contribution in [-0.2, 0) is 11.3 Å². The summed E-state index contributed by atoms with van der Waals surface area (Å²) in [4.78, 5) is 15.2. The van der Waals surface area contributed by atoms with Gasteiger partial charge in [-0.1, -0.05) is 24.4 Å². The highest BCUT2D eigenvalue weighted by atomic mass is 35.5. The summed E-state index contributed by atoms with van der Waals surface area (Å²) >= 11 is 7.36. The first kappa shape index (κ1) is 13.8.